The maximum absolute atomic E-state index is 11.5. The van der Waals surface area contributed by atoms with Crippen LogP contribution in [0.5, 0.6) is 0 Å². The van der Waals surface area contributed by atoms with Gasteiger partial charge in [0.2, 0.25) is 5.91 Å². The molecule has 5 heteroatoms. The first kappa shape index (κ1) is 10.5. The van der Waals surface area contributed by atoms with E-state index in [9.17, 15) is 9.59 Å². The molecule has 0 radical (unpaired) electrons. The average molecular weight is 244 g/mol. The zero-order valence-electron chi connectivity index (χ0n) is 7.67. The van der Waals surface area contributed by atoms with Gasteiger partial charge in [0.05, 0.1) is 28.7 Å². The molecule has 2 rings (SSSR count). The third-order valence-electron chi connectivity index (χ3n) is 2.21. The van der Waals surface area contributed by atoms with Crippen LogP contribution < -0.4 is 4.90 Å². The number of benzene rings is 1. The van der Waals surface area contributed by atoms with Crippen LogP contribution in [0.1, 0.15) is 6.42 Å². The maximum atomic E-state index is 11.5. The van der Waals surface area contributed by atoms with Gasteiger partial charge in [-0.05, 0) is 12.1 Å². The standard InChI is InChI=1S/C10H7Cl2NO2/c11-7-2-1-3-8(10(7)12)13-5-6(14)4-9(13)15/h1-3H,4-5H2. The van der Waals surface area contributed by atoms with Crippen LogP contribution in [0.3, 0.4) is 0 Å². The summed E-state index contributed by atoms with van der Waals surface area (Å²) < 4.78 is 0. The molecule has 78 valence electrons. The summed E-state index contributed by atoms with van der Waals surface area (Å²) in [6, 6.07) is 5.00. The van der Waals surface area contributed by atoms with E-state index in [1.54, 1.807) is 18.2 Å². The molecule has 1 aromatic carbocycles. The van der Waals surface area contributed by atoms with E-state index >= 15 is 0 Å². The van der Waals surface area contributed by atoms with E-state index in [0.717, 1.165) is 0 Å². The molecule has 0 N–H and O–H groups in total. The Kier molecular flexibility index (Phi) is 2.67. The van der Waals surface area contributed by atoms with Gasteiger partial charge in [0.15, 0.2) is 5.78 Å². The third-order valence-corrected chi connectivity index (χ3v) is 3.01. The molecule has 1 aliphatic heterocycles. The summed E-state index contributed by atoms with van der Waals surface area (Å²) in [6.45, 7) is 0.0822. The molecule has 0 aromatic heterocycles. The van der Waals surface area contributed by atoms with Crippen molar-refractivity contribution >= 4 is 40.6 Å². The van der Waals surface area contributed by atoms with Gasteiger partial charge < -0.3 is 4.90 Å². The number of Topliss-reactive ketones (excluding diaryl/α,β-unsaturated/α-hetero) is 1. The molecule has 0 spiro atoms. The Hall–Kier alpha value is -1.06. The minimum atomic E-state index is -0.232. The quantitative estimate of drug-likeness (QED) is 0.711. The molecule has 1 amide bonds. The highest BCUT2D eigenvalue weighted by Crippen LogP contribution is 2.33. The van der Waals surface area contributed by atoms with Crippen molar-refractivity contribution < 1.29 is 9.59 Å². The van der Waals surface area contributed by atoms with E-state index in [0.29, 0.717) is 15.7 Å². The number of amides is 1. The smallest absolute Gasteiger partial charge is 0.234 e. The van der Waals surface area contributed by atoms with E-state index in [4.69, 9.17) is 23.2 Å². The lowest BCUT2D eigenvalue weighted by atomic mass is 10.3. The molecule has 15 heavy (non-hydrogen) atoms. The van der Waals surface area contributed by atoms with Crippen LogP contribution in [-0.2, 0) is 9.59 Å². The third kappa shape index (κ3) is 1.85. The van der Waals surface area contributed by atoms with Gasteiger partial charge in [-0.1, -0.05) is 29.3 Å². The fraction of sp³-hybridized carbons (Fsp3) is 0.200. The second-order valence-corrected chi connectivity index (χ2v) is 4.05. The van der Waals surface area contributed by atoms with Crippen molar-refractivity contribution in [3.05, 3.63) is 28.2 Å². The van der Waals surface area contributed by atoms with Gasteiger partial charge >= 0.3 is 0 Å². The number of nitrogens with zero attached hydrogens (tertiary/aromatic N) is 1. The van der Waals surface area contributed by atoms with Gasteiger partial charge in [-0.2, -0.15) is 0 Å². The van der Waals surface area contributed by atoms with Crippen LogP contribution in [0.15, 0.2) is 18.2 Å². The van der Waals surface area contributed by atoms with Gasteiger partial charge in [0, 0.05) is 0 Å². The van der Waals surface area contributed by atoms with Crippen LogP contribution in [-0.4, -0.2) is 18.2 Å². The molecule has 0 bridgehead atoms. The number of anilines is 1. The molecule has 0 aliphatic carbocycles. The highest BCUT2D eigenvalue weighted by atomic mass is 35.5. The molecule has 1 heterocycles. The first-order valence-corrected chi connectivity index (χ1v) is 5.11. The van der Waals surface area contributed by atoms with E-state index < -0.39 is 0 Å². The lowest BCUT2D eigenvalue weighted by molar-refractivity contribution is -0.121. The Morgan fingerprint density at radius 1 is 1.20 bits per heavy atom. The van der Waals surface area contributed by atoms with Gasteiger partial charge in [-0.15, -0.1) is 0 Å². The van der Waals surface area contributed by atoms with Crippen molar-refractivity contribution in [1.29, 1.82) is 0 Å². The monoisotopic (exact) mass is 243 g/mol. The molecule has 1 saturated heterocycles. The Morgan fingerprint density at radius 3 is 2.53 bits per heavy atom. The Balaban J connectivity index is 2.42. The lowest BCUT2D eigenvalue weighted by Gasteiger charge is -2.16. The van der Waals surface area contributed by atoms with Crippen LogP contribution in [0, 0.1) is 0 Å². The SMILES string of the molecule is O=C1CC(=O)N(c2cccc(Cl)c2Cl)C1. The van der Waals surface area contributed by atoms with Gasteiger partial charge in [0.1, 0.15) is 0 Å². The molecule has 3 nitrogen and oxygen atoms in total. The van der Waals surface area contributed by atoms with E-state index in [1.807, 2.05) is 0 Å². The van der Waals surface area contributed by atoms with Gasteiger partial charge in [-0.3, -0.25) is 9.59 Å². The van der Waals surface area contributed by atoms with Gasteiger partial charge in [-0.25, -0.2) is 0 Å². The number of hydrogen-bond donors (Lipinski definition) is 0. The summed E-state index contributed by atoms with van der Waals surface area (Å²) in [4.78, 5) is 23.9. The molecular weight excluding hydrogens is 237 g/mol. The fourth-order valence-electron chi connectivity index (χ4n) is 1.50. The first-order chi connectivity index (χ1) is 7.09. The fourth-order valence-corrected chi connectivity index (χ4v) is 1.90. The van der Waals surface area contributed by atoms with Crippen molar-refractivity contribution in [2.75, 3.05) is 11.4 Å². The molecule has 1 fully saturated rings. The van der Waals surface area contributed by atoms with Crippen LogP contribution in [0.25, 0.3) is 0 Å². The molecular formula is C10H7Cl2NO2. The minimum Gasteiger partial charge on any atom is -0.303 e. The second kappa shape index (κ2) is 3.83. The predicted octanol–water partition coefficient (Wildman–Crippen LogP) is 2.30. The Morgan fingerprint density at radius 2 is 1.93 bits per heavy atom. The minimum absolute atomic E-state index is 0.0527. The topological polar surface area (TPSA) is 37.4 Å². The molecule has 0 atom stereocenters. The summed E-state index contributed by atoms with van der Waals surface area (Å²) in [7, 11) is 0. The second-order valence-electron chi connectivity index (χ2n) is 3.27. The van der Waals surface area contributed by atoms with Crippen molar-refractivity contribution in [1.82, 2.24) is 0 Å². The number of hydrogen-bond acceptors (Lipinski definition) is 2. The van der Waals surface area contributed by atoms with Crippen LogP contribution >= 0.6 is 23.2 Å². The van der Waals surface area contributed by atoms with Crippen LogP contribution in [0.4, 0.5) is 5.69 Å². The maximum Gasteiger partial charge on any atom is 0.234 e. The predicted molar refractivity (Wildman–Crippen MR) is 58.4 cm³/mol. The molecule has 1 aromatic rings. The van der Waals surface area contributed by atoms with Crippen molar-refractivity contribution in [3.8, 4) is 0 Å². The van der Waals surface area contributed by atoms with Crippen LogP contribution in [0.2, 0.25) is 10.0 Å². The van der Waals surface area contributed by atoms with E-state index in [1.165, 1.54) is 4.90 Å². The normalized spacial score (nSPS) is 16.3. The summed E-state index contributed by atoms with van der Waals surface area (Å²) in [5.41, 5.74) is 0.500. The Labute approximate surface area is 96.6 Å². The first-order valence-electron chi connectivity index (χ1n) is 4.35. The largest absolute Gasteiger partial charge is 0.303 e. The molecule has 1 aliphatic rings. The number of halogens is 2. The zero-order valence-corrected chi connectivity index (χ0v) is 9.18. The van der Waals surface area contributed by atoms with Crippen molar-refractivity contribution in [2.24, 2.45) is 0 Å². The summed E-state index contributed by atoms with van der Waals surface area (Å²) >= 11 is 11.8. The zero-order chi connectivity index (χ0) is 11.0. The summed E-state index contributed by atoms with van der Waals surface area (Å²) in [5.74, 6) is -0.333. The summed E-state index contributed by atoms with van der Waals surface area (Å²) in [5, 5.41) is 0.684. The summed E-state index contributed by atoms with van der Waals surface area (Å²) in [6.07, 6.45) is -0.0527. The Bertz CT molecular complexity index is 445. The number of carbonyl (C=O) groups excluding carboxylic acids is 2. The van der Waals surface area contributed by atoms with E-state index in [2.05, 4.69) is 0 Å². The number of ketones is 1. The molecule has 0 unspecified atom stereocenters. The lowest BCUT2D eigenvalue weighted by Crippen LogP contribution is -2.24. The molecule has 0 saturated carbocycles. The number of rotatable bonds is 1. The van der Waals surface area contributed by atoms with E-state index in [-0.39, 0.29) is 24.7 Å². The highest BCUT2D eigenvalue weighted by molar-refractivity contribution is 6.44. The van der Waals surface area contributed by atoms with Crippen molar-refractivity contribution in [3.63, 3.8) is 0 Å². The van der Waals surface area contributed by atoms with Crippen molar-refractivity contribution in [2.45, 2.75) is 6.42 Å². The van der Waals surface area contributed by atoms with Gasteiger partial charge in [0.25, 0.3) is 0 Å². The average Bonchev–Trinajstić information content (AvgIpc) is 2.50. The number of carbonyl (C=O) groups is 2. The highest BCUT2D eigenvalue weighted by Gasteiger charge is 2.30.